The fraction of sp³-hybridized carbons (Fsp3) is 0.400. The Bertz CT molecular complexity index is 407. The van der Waals surface area contributed by atoms with Crippen molar-refractivity contribution >= 4 is 32.4 Å². The number of rotatable bonds is 4. The minimum atomic E-state index is -3.38. The lowest BCUT2D eigenvalue weighted by atomic mass is 10.2. The Morgan fingerprint density at radius 2 is 1.87 bits per heavy atom. The number of hydrogen-bond donors (Lipinski definition) is 1. The van der Waals surface area contributed by atoms with Gasteiger partial charge in [0.05, 0.1) is 16.8 Å². The van der Waals surface area contributed by atoms with E-state index in [4.69, 9.17) is 5.11 Å². The Labute approximate surface area is 104 Å². The number of benzene rings is 1. The van der Waals surface area contributed by atoms with Gasteiger partial charge in [-0.25, -0.2) is 8.42 Å². The zero-order chi connectivity index (χ0) is 11.5. The molecule has 1 atom stereocenters. The van der Waals surface area contributed by atoms with Gasteiger partial charge in [0, 0.05) is 4.43 Å². The number of alkyl halides is 1. The van der Waals surface area contributed by atoms with Crippen molar-refractivity contribution in [1.82, 2.24) is 0 Å². The number of sulfone groups is 1. The first-order chi connectivity index (χ1) is 7.02. The highest BCUT2D eigenvalue weighted by Gasteiger charge is 2.25. The van der Waals surface area contributed by atoms with Gasteiger partial charge in [-0.2, -0.15) is 0 Å². The van der Waals surface area contributed by atoms with Crippen molar-refractivity contribution in [3.63, 3.8) is 0 Å². The molecule has 1 N–H and O–H groups in total. The van der Waals surface area contributed by atoms with Crippen LogP contribution in [0.3, 0.4) is 0 Å². The van der Waals surface area contributed by atoms with Crippen LogP contribution in [0.1, 0.15) is 5.56 Å². The summed E-state index contributed by atoms with van der Waals surface area (Å²) in [5, 5.41) is 8.29. The summed E-state index contributed by atoms with van der Waals surface area (Å²) in [6, 6.07) is 6.68. The van der Waals surface area contributed by atoms with Crippen LogP contribution in [-0.2, 0) is 9.84 Å². The number of hydrogen-bond acceptors (Lipinski definition) is 3. The monoisotopic (exact) mass is 340 g/mol. The molecule has 0 saturated carbocycles. The largest absolute Gasteiger partial charge is 0.395 e. The lowest BCUT2D eigenvalue weighted by Crippen LogP contribution is -2.26. The number of aliphatic hydroxyl groups excluding tert-OH is 1. The molecular formula is C10H13IO3S. The van der Waals surface area contributed by atoms with E-state index in [2.05, 4.69) is 0 Å². The first-order valence-corrected chi connectivity index (χ1v) is 7.57. The van der Waals surface area contributed by atoms with Crippen LogP contribution in [-0.4, -0.2) is 29.8 Å². The van der Waals surface area contributed by atoms with E-state index in [1.165, 1.54) is 0 Å². The van der Waals surface area contributed by atoms with Crippen molar-refractivity contribution in [3.05, 3.63) is 29.8 Å². The standard InChI is InChI=1S/C10H13IO3S/c1-8-2-4-9(5-3-8)15(13,14)10(6-11)7-12/h2-5,10,12H,6-7H2,1H3. The molecule has 0 heterocycles. The highest BCUT2D eigenvalue weighted by atomic mass is 127. The van der Waals surface area contributed by atoms with Crippen molar-refractivity contribution < 1.29 is 13.5 Å². The Hall–Kier alpha value is -0.140. The van der Waals surface area contributed by atoms with E-state index < -0.39 is 15.1 Å². The molecule has 5 heteroatoms. The van der Waals surface area contributed by atoms with E-state index in [1.54, 1.807) is 24.3 Å². The normalized spacial score (nSPS) is 13.8. The summed E-state index contributed by atoms with van der Waals surface area (Å²) in [6.07, 6.45) is 0. The third kappa shape index (κ3) is 2.92. The van der Waals surface area contributed by atoms with Gasteiger partial charge in [0.1, 0.15) is 0 Å². The molecule has 0 aliphatic rings. The van der Waals surface area contributed by atoms with Crippen molar-refractivity contribution in [2.75, 3.05) is 11.0 Å². The third-order valence-electron chi connectivity index (χ3n) is 2.16. The fourth-order valence-corrected chi connectivity index (χ4v) is 4.11. The third-order valence-corrected chi connectivity index (χ3v) is 5.95. The maximum Gasteiger partial charge on any atom is 0.184 e. The average Bonchev–Trinajstić information content (AvgIpc) is 2.19. The van der Waals surface area contributed by atoms with Crippen molar-refractivity contribution in [2.45, 2.75) is 17.1 Å². The number of halogens is 1. The Morgan fingerprint density at radius 3 is 2.27 bits per heavy atom. The molecule has 0 radical (unpaired) electrons. The molecule has 1 aromatic carbocycles. The van der Waals surface area contributed by atoms with E-state index in [9.17, 15) is 8.42 Å². The van der Waals surface area contributed by atoms with E-state index in [0.717, 1.165) is 5.56 Å². The summed E-state index contributed by atoms with van der Waals surface area (Å²) in [4.78, 5) is 0.281. The van der Waals surface area contributed by atoms with Crippen LogP contribution in [0.4, 0.5) is 0 Å². The summed E-state index contributed by atoms with van der Waals surface area (Å²) < 4.78 is 24.3. The summed E-state index contributed by atoms with van der Waals surface area (Å²) in [5.41, 5.74) is 1.02. The minimum Gasteiger partial charge on any atom is -0.395 e. The van der Waals surface area contributed by atoms with Crippen LogP contribution in [0.25, 0.3) is 0 Å². The summed E-state index contributed by atoms with van der Waals surface area (Å²) in [5.74, 6) is 0. The summed E-state index contributed by atoms with van der Waals surface area (Å²) in [7, 11) is -3.38. The van der Waals surface area contributed by atoms with Crippen LogP contribution in [0.2, 0.25) is 0 Å². The second kappa shape index (κ2) is 5.27. The molecule has 0 saturated heterocycles. The zero-order valence-corrected chi connectivity index (χ0v) is 11.3. The molecule has 84 valence electrons. The highest BCUT2D eigenvalue weighted by molar-refractivity contribution is 14.1. The molecule has 1 aromatic rings. The second-order valence-corrected chi connectivity index (χ2v) is 6.43. The van der Waals surface area contributed by atoms with Crippen molar-refractivity contribution in [3.8, 4) is 0 Å². The molecule has 0 spiro atoms. The van der Waals surface area contributed by atoms with Crippen LogP contribution in [0, 0.1) is 6.92 Å². The van der Waals surface area contributed by atoms with Gasteiger partial charge in [-0.1, -0.05) is 40.3 Å². The van der Waals surface area contributed by atoms with Crippen molar-refractivity contribution in [1.29, 1.82) is 0 Å². The molecule has 15 heavy (non-hydrogen) atoms. The van der Waals surface area contributed by atoms with E-state index in [0.29, 0.717) is 4.43 Å². The maximum atomic E-state index is 11.9. The smallest absolute Gasteiger partial charge is 0.184 e. The van der Waals surface area contributed by atoms with Crippen molar-refractivity contribution in [2.24, 2.45) is 0 Å². The first kappa shape index (κ1) is 12.9. The van der Waals surface area contributed by atoms with Gasteiger partial charge in [0.15, 0.2) is 9.84 Å². The molecule has 0 aliphatic carbocycles. The highest BCUT2D eigenvalue weighted by Crippen LogP contribution is 2.18. The Balaban J connectivity index is 3.11. The molecule has 0 aromatic heterocycles. The molecule has 0 bridgehead atoms. The SMILES string of the molecule is Cc1ccc(S(=O)(=O)C(CO)CI)cc1. The van der Waals surface area contributed by atoms with Gasteiger partial charge < -0.3 is 5.11 Å². The first-order valence-electron chi connectivity index (χ1n) is 4.49. The molecule has 3 nitrogen and oxygen atoms in total. The minimum absolute atomic E-state index is 0.281. The van der Waals surface area contributed by atoms with Gasteiger partial charge in [0.25, 0.3) is 0 Å². The van der Waals surface area contributed by atoms with Crippen LogP contribution in [0.15, 0.2) is 29.2 Å². The van der Waals surface area contributed by atoms with Crippen LogP contribution < -0.4 is 0 Å². The van der Waals surface area contributed by atoms with E-state index in [1.807, 2.05) is 29.5 Å². The van der Waals surface area contributed by atoms with Gasteiger partial charge in [-0.05, 0) is 19.1 Å². The molecule has 0 amide bonds. The van der Waals surface area contributed by atoms with E-state index >= 15 is 0 Å². The lowest BCUT2D eigenvalue weighted by molar-refractivity contribution is 0.297. The fourth-order valence-electron chi connectivity index (χ4n) is 1.15. The summed E-state index contributed by atoms with van der Waals surface area (Å²) >= 11 is 1.97. The predicted octanol–water partition coefficient (Wildman–Crippen LogP) is 1.56. The van der Waals surface area contributed by atoms with Crippen LogP contribution in [0.5, 0.6) is 0 Å². The van der Waals surface area contributed by atoms with Gasteiger partial charge in [0.2, 0.25) is 0 Å². The molecule has 1 rings (SSSR count). The second-order valence-electron chi connectivity index (χ2n) is 3.32. The summed E-state index contributed by atoms with van der Waals surface area (Å²) in [6.45, 7) is 1.57. The molecular weight excluding hydrogens is 327 g/mol. The maximum absolute atomic E-state index is 11.9. The van der Waals surface area contributed by atoms with Crippen LogP contribution >= 0.6 is 22.6 Å². The molecule has 0 aliphatic heterocycles. The van der Waals surface area contributed by atoms with Gasteiger partial charge in [-0.15, -0.1) is 0 Å². The number of aryl methyl sites for hydroxylation is 1. The van der Waals surface area contributed by atoms with Gasteiger partial charge >= 0.3 is 0 Å². The predicted molar refractivity (Wildman–Crippen MR) is 68.1 cm³/mol. The quantitative estimate of drug-likeness (QED) is 0.669. The average molecular weight is 340 g/mol. The lowest BCUT2D eigenvalue weighted by Gasteiger charge is -2.12. The molecule has 0 fully saturated rings. The van der Waals surface area contributed by atoms with E-state index in [-0.39, 0.29) is 11.5 Å². The Kier molecular flexibility index (Phi) is 4.54. The number of aliphatic hydroxyl groups is 1. The molecule has 1 unspecified atom stereocenters. The Morgan fingerprint density at radius 1 is 1.33 bits per heavy atom. The topological polar surface area (TPSA) is 54.4 Å². The zero-order valence-electron chi connectivity index (χ0n) is 8.35. The van der Waals surface area contributed by atoms with Gasteiger partial charge in [-0.3, -0.25) is 0 Å².